The largest absolute Gasteiger partial charge is 0.481 e. The summed E-state index contributed by atoms with van der Waals surface area (Å²) in [5.74, 6) is 1.98. The normalized spacial score (nSPS) is 23.1. The minimum absolute atomic E-state index is 0.623. The predicted octanol–water partition coefficient (Wildman–Crippen LogP) is 4.00. The van der Waals surface area contributed by atoms with Crippen molar-refractivity contribution in [2.75, 3.05) is 7.11 Å². The summed E-state index contributed by atoms with van der Waals surface area (Å²) in [5, 5.41) is 0. The van der Waals surface area contributed by atoms with Crippen LogP contribution in [-0.2, 0) is 4.74 Å². The third-order valence-corrected chi connectivity index (χ3v) is 4.13. The van der Waals surface area contributed by atoms with Crippen LogP contribution in [0.5, 0.6) is 0 Å². The Hall–Kier alpha value is -2.09. The highest BCUT2D eigenvalue weighted by atomic mass is 16.5. The van der Waals surface area contributed by atoms with Crippen molar-refractivity contribution in [3.8, 4) is 0 Å². The molecule has 1 heterocycles. The molecule has 19 heavy (non-hydrogen) atoms. The Bertz CT molecular complexity index is 674. The van der Waals surface area contributed by atoms with E-state index >= 15 is 0 Å². The van der Waals surface area contributed by atoms with Gasteiger partial charge in [-0.25, -0.2) is 4.99 Å². The summed E-state index contributed by atoms with van der Waals surface area (Å²) in [7, 11) is 1.70. The van der Waals surface area contributed by atoms with Crippen LogP contribution in [0.4, 0.5) is 5.69 Å². The van der Waals surface area contributed by atoms with Gasteiger partial charge in [0.25, 0.3) is 0 Å². The van der Waals surface area contributed by atoms with Gasteiger partial charge >= 0.3 is 0 Å². The molecule has 2 heteroatoms. The van der Waals surface area contributed by atoms with Crippen molar-refractivity contribution in [2.45, 2.75) is 18.3 Å². The molecule has 2 nitrogen and oxygen atoms in total. The van der Waals surface area contributed by atoms with Gasteiger partial charge < -0.3 is 4.74 Å². The number of fused-ring (bicyclic) bond motifs is 5. The van der Waals surface area contributed by atoms with Crippen LogP contribution >= 0.6 is 0 Å². The second-order valence-electron chi connectivity index (χ2n) is 5.22. The molecule has 0 spiro atoms. The quantitative estimate of drug-likeness (QED) is 0.691. The van der Waals surface area contributed by atoms with Crippen LogP contribution in [0.2, 0.25) is 0 Å². The number of nitrogens with zero attached hydrogens (tertiary/aromatic N) is 1. The fourth-order valence-electron chi connectivity index (χ4n) is 3.13. The molecule has 0 radical (unpaired) electrons. The van der Waals surface area contributed by atoms with Crippen molar-refractivity contribution >= 4 is 11.6 Å². The van der Waals surface area contributed by atoms with E-state index in [0.717, 1.165) is 17.1 Å². The van der Waals surface area contributed by atoms with Gasteiger partial charge in [0, 0.05) is 5.56 Å². The number of para-hydroxylation sites is 1. The maximum absolute atomic E-state index is 5.53. The van der Waals surface area contributed by atoms with Crippen LogP contribution < -0.4 is 0 Å². The Kier molecular flexibility index (Phi) is 2.25. The third-order valence-electron chi connectivity index (χ3n) is 4.13. The average molecular weight is 249 g/mol. The minimum atomic E-state index is 0.623. The Morgan fingerprint density at radius 2 is 1.63 bits per heavy atom. The van der Waals surface area contributed by atoms with Gasteiger partial charge in [0.2, 0.25) is 5.90 Å². The maximum atomic E-state index is 5.53. The van der Waals surface area contributed by atoms with Crippen molar-refractivity contribution in [3.63, 3.8) is 0 Å². The second-order valence-corrected chi connectivity index (χ2v) is 5.22. The van der Waals surface area contributed by atoms with Crippen LogP contribution in [0.1, 0.15) is 34.9 Å². The summed E-state index contributed by atoms with van der Waals surface area (Å²) in [4.78, 5) is 4.73. The zero-order chi connectivity index (χ0) is 12.8. The second kappa shape index (κ2) is 3.95. The van der Waals surface area contributed by atoms with Crippen LogP contribution in [0, 0.1) is 0 Å². The standard InChI is InChI=1S/C17H15NO/c1-19-17-13-8-3-2-6-11(13)14-10-15(14)12-7-4-5-9-16(12)18-17/h2-9,14-15H,10H2,1H3/t14-,15+/m1/s1. The van der Waals surface area contributed by atoms with E-state index in [0.29, 0.717) is 11.8 Å². The molecule has 2 aromatic rings. The van der Waals surface area contributed by atoms with E-state index in [9.17, 15) is 0 Å². The van der Waals surface area contributed by atoms with Crippen LogP contribution in [0.25, 0.3) is 0 Å². The lowest BCUT2D eigenvalue weighted by atomic mass is 9.97. The smallest absolute Gasteiger partial charge is 0.221 e. The van der Waals surface area contributed by atoms with Gasteiger partial charge in [0.15, 0.2) is 0 Å². The van der Waals surface area contributed by atoms with Gasteiger partial charge in [-0.1, -0.05) is 36.4 Å². The summed E-state index contributed by atoms with van der Waals surface area (Å²) < 4.78 is 5.53. The lowest BCUT2D eigenvalue weighted by Gasteiger charge is -2.15. The Balaban J connectivity index is 1.98. The van der Waals surface area contributed by atoms with E-state index in [4.69, 9.17) is 9.73 Å². The molecular formula is C17H15NO. The van der Waals surface area contributed by atoms with E-state index in [-0.39, 0.29) is 0 Å². The summed E-state index contributed by atoms with van der Waals surface area (Å²) >= 11 is 0. The molecule has 0 saturated heterocycles. The van der Waals surface area contributed by atoms with Gasteiger partial charge in [-0.3, -0.25) is 0 Å². The van der Waals surface area contributed by atoms with Crippen LogP contribution in [0.3, 0.4) is 0 Å². The number of aliphatic imine (C=N–C) groups is 1. The molecular weight excluding hydrogens is 234 g/mol. The van der Waals surface area contributed by atoms with Gasteiger partial charge in [-0.2, -0.15) is 0 Å². The molecule has 4 rings (SSSR count). The molecule has 0 bridgehead atoms. The van der Waals surface area contributed by atoms with Gasteiger partial charge in [-0.15, -0.1) is 0 Å². The number of rotatable bonds is 0. The molecule has 0 amide bonds. The van der Waals surface area contributed by atoms with Crippen molar-refractivity contribution in [2.24, 2.45) is 4.99 Å². The molecule has 94 valence electrons. The first-order valence-electron chi connectivity index (χ1n) is 6.69. The summed E-state index contributed by atoms with van der Waals surface area (Å²) in [6.45, 7) is 0. The SMILES string of the molecule is COC1=Nc2ccccc2[C@@H]2C[C@@H]2c2ccccc21. The van der Waals surface area contributed by atoms with E-state index < -0.39 is 0 Å². The van der Waals surface area contributed by atoms with Crippen molar-refractivity contribution in [1.29, 1.82) is 0 Å². The molecule has 0 aromatic heterocycles. The van der Waals surface area contributed by atoms with Gasteiger partial charge in [0.05, 0.1) is 12.8 Å². The van der Waals surface area contributed by atoms with E-state index in [2.05, 4.69) is 42.5 Å². The first kappa shape index (κ1) is 10.8. The molecule has 1 aliphatic heterocycles. The highest BCUT2D eigenvalue weighted by Crippen LogP contribution is 2.58. The molecule has 0 N–H and O–H groups in total. The zero-order valence-electron chi connectivity index (χ0n) is 10.8. The molecule has 1 saturated carbocycles. The minimum Gasteiger partial charge on any atom is -0.481 e. The van der Waals surface area contributed by atoms with Crippen molar-refractivity contribution in [3.05, 3.63) is 65.2 Å². The number of methoxy groups -OCH3 is 1. The fraction of sp³-hybridized carbons (Fsp3) is 0.235. The summed E-state index contributed by atoms with van der Waals surface area (Å²) in [5.41, 5.74) is 4.94. The zero-order valence-corrected chi connectivity index (χ0v) is 10.8. The fourth-order valence-corrected chi connectivity index (χ4v) is 3.13. The van der Waals surface area contributed by atoms with Crippen molar-refractivity contribution < 1.29 is 4.74 Å². The maximum Gasteiger partial charge on any atom is 0.221 e. The van der Waals surface area contributed by atoms with Crippen LogP contribution in [-0.4, -0.2) is 13.0 Å². The molecule has 1 aliphatic carbocycles. The van der Waals surface area contributed by atoms with Crippen LogP contribution in [0.15, 0.2) is 53.5 Å². The topological polar surface area (TPSA) is 21.6 Å². The highest BCUT2D eigenvalue weighted by Gasteiger charge is 2.43. The van der Waals surface area contributed by atoms with E-state index in [1.807, 2.05) is 6.07 Å². The number of benzene rings is 2. The molecule has 1 fully saturated rings. The number of ether oxygens (including phenoxy) is 1. The Morgan fingerprint density at radius 1 is 0.947 bits per heavy atom. The first-order valence-corrected chi connectivity index (χ1v) is 6.69. The number of hydrogen-bond acceptors (Lipinski definition) is 2. The lowest BCUT2D eigenvalue weighted by molar-refractivity contribution is 0.404. The Labute approximate surface area is 112 Å². The monoisotopic (exact) mass is 249 g/mol. The van der Waals surface area contributed by atoms with E-state index in [1.54, 1.807) is 7.11 Å². The highest BCUT2D eigenvalue weighted by molar-refractivity contribution is 5.98. The van der Waals surface area contributed by atoms with E-state index in [1.165, 1.54) is 17.5 Å². The summed E-state index contributed by atoms with van der Waals surface area (Å²) in [6, 6.07) is 16.9. The van der Waals surface area contributed by atoms with Gasteiger partial charge in [0.1, 0.15) is 0 Å². The summed E-state index contributed by atoms with van der Waals surface area (Å²) in [6.07, 6.45) is 1.22. The third kappa shape index (κ3) is 1.60. The molecule has 2 atom stereocenters. The molecule has 0 unspecified atom stereocenters. The number of hydrogen-bond donors (Lipinski definition) is 0. The predicted molar refractivity (Wildman–Crippen MR) is 76.2 cm³/mol. The molecule has 2 aromatic carbocycles. The molecule has 2 aliphatic rings. The lowest BCUT2D eigenvalue weighted by Crippen LogP contribution is -2.08. The van der Waals surface area contributed by atoms with Crippen molar-refractivity contribution in [1.82, 2.24) is 0 Å². The Morgan fingerprint density at radius 3 is 2.47 bits per heavy atom. The first-order chi connectivity index (χ1) is 9.38. The van der Waals surface area contributed by atoms with Gasteiger partial charge in [-0.05, 0) is 41.5 Å². The average Bonchev–Trinajstić information content (AvgIpc) is 3.23.